The molecule has 0 aromatic heterocycles. The van der Waals surface area contributed by atoms with Gasteiger partial charge in [0, 0.05) is 13.1 Å². The monoisotopic (exact) mass is 201 g/mol. The maximum absolute atomic E-state index is 8.47. The van der Waals surface area contributed by atoms with Crippen molar-refractivity contribution in [3.8, 4) is 0 Å². The minimum absolute atomic E-state index is 0.159. The Morgan fingerprint density at radius 1 is 1.71 bits per heavy atom. The van der Waals surface area contributed by atoms with Gasteiger partial charge in [0.15, 0.2) is 5.84 Å². The standard InChI is InChI=1S/C9H19N3O2/c1-7-4-12(5-8(10)11-13)6-9(2,3)14-7/h7,13H,4-6H2,1-3H3,(H2,10,11). The molecule has 0 aromatic rings. The summed E-state index contributed by atoms with van der Waals surface area (Å²) in [6.45, 7) is 8.23. The van der Waals surface area contributed by atoms with E-state index < -0.39 is 0 Å². The number of hydrogen-bond donors (Lipinski definition) is 2. The van der Waals surface area contributed by atoms with Crippen LogP contribution in [0.25, 0.3) is 0 Å². The van der Waals surface area contributed by atoms with Gasteiger partial charge < -0.3 is 15.7 Å². The molecule has 1 unspecified atom stereocenters. The maximum Gasteiger partial charge on any atom is 0.153 e. The first kappa shape index (κ1) is 11.3. The van der Waals surface area contributed by atoms with Crippen molar-refractivity contribution in [3.05, 3.63) is 0 Å². The SMILES string of the molecule is CC1CN(C/C(N)=N/O)CC(C)(C)O1. The Balaban J connectivity index is 2.54. The van der Waals surface area contributed by atoms with Gasteiger partial charge in [-0.3, -0.25) is 4.90 Å². The highest BCUT2D eigenvalue weighted by Crippen LogP contribution is 2.20. The second kappa shape index (κ2) is 4.14. The Kier molecular flexibility index (Phi) is 3.34. The minimum atomic E-state index is -0.159. The van der Waals surface area contributed by atoms with Crippen molar-refractivity contribution in [2.24, 2.45) is 10.9 Å². The fourth-order valence-corrected chi connectivity index (χ4v) is 1.97. The molecule has 82 valence electrons. The second-order valence-corrected chi connectivity index (χ2v) is 4.45. The maximum atomic E-state index is 8.47. The highest BCUT2D eigenvalue weighted by molar-refractivity contribution is 5.81. The summed E-state index contributed by atoms with van der Waals surface area (Å²) in [6, 6.07) is 0. The predicted octanol–water partition coefficient (Wildman–Crippen LogP) is 0.232. The minimum Gasteiger partial charge on any atom is -0.409 e. The zero-order valence-electron chi connectivity index (χ0n) is 9.03. The number of nitrogens with two attached hydrogens (primary N) is 1. The van der Waals surface area contributed by atoms with Crippen LogP contribution in [0.1, 0.15) is 20.8 Å². The van der Waals surface area contributed by atoms with Crippen LogP contribution in [0.4, 0.5) is 0 Å². The van der Waals surface area contributed by atoms with Crippen molar-refractivity contribution in [1.82, 2.24) is 4.90 Å². The lowest BCUT2D eigenvalue weighted by atomic mass is 10.1. The van der Waals surface area contributed by atoms with Crippen LogP contribution in [-0.2, 0) is 4.74 Å². The van der Waals surface area contributed by atoms with Gasteiger partial charge in [0.2, 0.25) is 0 Å². The smallest absolute Gasteiger partial charge is 0.153 e. The fourth-order valence-electron chi connectivity index (χ4n) is 1.97. The molecule has 3 N–H and O–H groups in total. The summed E-state index contributed by atoms with van der Waals surface area (Å²) in [7, 11) is 0. The molecular formula is C9H19N3O2. The first-order valence-corrected chi connectivity index (χ1v) is 4.79. The van der Waals surface area contributed by atoms with Crippen LogP contribution >= 0.6 is 0 Å². The van der Waals surface area contributed by atoms with Gasteiger partial charge >= 0.3 is 0 Å². The van der Waals surface area contributed by atoms with Gasteiger partial charge in [-0.1, -0.05) is 5.16 Å². The third kappa shape index (κ3) is 3.16. The summed E-state index contributed by atoms with van der Waals surface area (Å²) in [5.74, 6) is 0.245. The molecule has 5 nitrogen and oxygen atoms in total. The second-order valence-electron chi connectivity index (χ2n) is 4.45. The lowest BCUT2D eigenvalue weighted by Crippen LogP contribution is -2.53. The Hall–Kier alpha value is -0.810. The molecule has 1 aliphatic heterocycles. The van der Waals surface area contributed by atoms with Crippen molar-refractivity contribution < 1.29 is 9.94 Å². The Labute approximate surface area is 84.5 Å². The van der Waals surface area contributed by atoms with E-state index in [1.165, 1.54) is 0 Å². The average molecular weight is 201 g/mol. The van der Waals surface area contributed by atoms with Crippen molar-refractivity contribution in [2.45, 2.75) is 32.5 Å². The average Bonchev–Trinajstić information content (AvgIpc) is 1.99. The van der Waals surface area contributed by atoms with E-state index in [2.05, 4.69) is 10.1 Å². The lowest BCUT2D eigenvalue weighted by molar-refractivity contribution is -0.125. The van der Waals surface area contributed by atoms with E-state index >= 15 is 0 Å². The molecule has 1 rings (SSSR count). The Morgan fingerprint density at radius 3 is 2.86 bits per heavy atom. The van der Waals surface area contributed by atoms with E-state index in [9.17, 15) is 0 Å². The molecule has 0 saturated carbocycles. The number of amidine groups is 1. The summed E-state index contributed by atoms with van der Waals surface area (Å²) in [5.41, 5.74) is 5.30. The number of rotatable bonds is 2. The summed E-state index contributed by atoms with van der Waals surface area (Å²) in [6.07, 6.45) is 0.185. The highest BCUT2D eigenvalue weighted by Gasteiger charge is 2.31. The van der Waals surface area contributed by atoms with Crippen LogP contribution in [0.5, 0.6) is 0 Å². The fraction of sp³-hybridized carbons (Fsp3) is 0.889. The summed E-state index contributed by atoms with van der Waals surface area (Å²) < 4.78 is 5.73. The number of hydrogen-bond acceptors (Lipinski definition) is 4. The van der Waals surface area contributed by atoms with Gasteiger partial charge in [0.1, 0.15) is 0 Å². The number of ether oxygens (including phenoxy) is 1. The van der Waals surface area contributed by atoms with Gasteiger partial charge in [-0.05, 0) is 20.8 Å². The van der Waals surface area contributed by atoms with Crippen LogP contribution in [0.3, 0.4) is 0 Å². The quantitative estimate of drug-likeness (QED) is 0.290. The normalized spacial score (nSPS) is 29.1. The Morgan fingerprint density at radius 2 is 2.36 bits per heavy atom. The number of morpholine rings is 1. The summed E-state index contributed by atoms with van der Waals surface area (Å²) >= 11 is 0. The third-order valence-electron chi connectivity index (χ3n) is 2.15. The van der Waals surface area contributed by atoms with Crippen LogP contribution < -0.4 is 5.73 Å². The first-order valence-electron chi connectivity index (χ1n) is 4.79. The lowest BCUT2D eigenvalue weighted by Gasteiger charge is -2.41. The van der Waals surface area contributed by atoms with Crippen LogP contribution in [0.2, 0.25) is 0 Å². The summed E-state index contributed by atoms with van der Waals surface area (Å²) in [4.78, 5) is 2.13. The highest BCUT2D eigenvalue weighted by atomic mass is 16.5. The van der Waals surface area contributed by atoms with E-state index in [1.54, 1.807) is 0 Å². The van der Waals surface area contributed by atoms with Gasteiger partial charge in [-0.2, -0.15) is 0 Å². The zero-order chi connectivity index (χ0) is 10.8. The van der Waals surface area contributed by atoms with E-state index in [4.69, 9.17) is 15.7 Å². The molecule has 1 heterocycles. The number of oxime groups is 1. The van der Waals surface area contributed by atoms with Crippen molar-refractivity contribution in [3.63, 3.8) is 0 Å². The predicted molar refractivity (Wildman–Crippen MR) is 54.5 cm³/mol. The van der Waals surface area contributed by atoms with Crippen LogP contribution in [-0.4, -0.2) is 47.3 Å². The number of nitrogens with zero attached hydrogens (tertiary/aromatic N) is 2. The molecule has 0 radical (unpaired) electrons. The van der Waals surface area contributed by atoms with E-state index in [0.717, 1.165) is 13.1 Å². The first-order chi connectivity index (χ1) is 6.43. The molecule has 1 atom stereocenters. The van der Waals surface area contributed by atoms with Gasteiger partial charge in [0.05, 0.1) is 18.2 Å². The Bertz CT molecular complexity index is 228. The molecule has 1 saturated heterocycles. The van der Waals surface area contributed by atoms with Crippen molar-refractivity contribution >= 4 is 5.84 Å². The third-order valence-corrected chi connectivity index (χ3v) is 2.15. The molecule has 0 amide bonds. The molecule has 0 aromatic carbocycles. The van der Waals surface area contributed by atoms with Crippen LogP contribution in [0, 0.1) is 0 Å². The summed E-state index contributed by atoms with van der Waals surface area (Å²) in [5, 5.41) is 11.4. The van der Waals surface area contributed by atoms with E-state index in [-0.39, 0.29) is 17.5 Å². The molecule has 0 aliphatic carbocycles. The van der Waals surface area contributed by atoms with E-state index in [1.807, 2.05) is 20.8 Å². The van der Waals surface area contributed by atoms with Gasteiger partial charge in [-0.25, -0.2) is 0 Å². The van der Waals surface area contributed by atoms with Crippen LogP contribution in [0.15, 0.2) is 5.16 Å². The van der Waals surface area contributed by atoms with Crippen molar-refractivity contribution in [2.75, 3.05) is 19.6 Å². The zero-order valence-corrected chi connectivity index (χ0v) is 9.03. The molecule has 5 heteroatoms. The van der Waals surface area contributed by atoms with E-state index in [0.29, 0.717) is 6.54 Å². The molecule has 1 aliphatic rings. The molecule has 0 bridgehead atoms. The topological polar surface area (TPSA) is 71.1 Å². The molecule has 14 heavy (non-hydrogen) atoms. The molecule has 0 spiro atoms. The van der Waals surface area contributed by atoms with Crippen molar-refractivity contribution in [1.29, 1.82) is 0 Å². The largest absolute Gasteiger partial charge is 0.409 e. The molecular weight excluding hydrogens is 182 g/mol. The molecule has 1 fully saturated rings. The van der Waals surface area contributed by atoms with Gasteiger partial charge in [0.25, 0.3) is 0 Å². The van der Waals surface area contributed by atoms with Gasteiger partial charge in [-0.15, -0.1) is 0 Å².